The Morgan fingerprint density at radius 1 is 1.40 bits per heavy atom. The summed E-state index contributed by atoms with van der Waals surface area (Å²) in [5, 5.41) is 9.57. The van der Waals surface area contributed by atoms with Crippen molar-refractivity contribution in [2.24, 2.45) is 0 Å². The first-order chi connectivity index (χ1) is 9.27. The first-order valence-corrected chi connectivity index (χ1v) is 6.87. The molecule has 4 nitrogen and oxygen atoms in total. The molecule has 0 saturated carbocycles. The minimum absolute atomic E-state index is 0.313. The molecule has 1 aromatic rings. The van der Waals surface area contributed by atoms with E-state index in [2.05, 4.69) is 15.7 Å². The van der Waals surface area contributed by atoms with Gasteiger partial charge >= 0.3 is 6.18 Å². The highest BCUT2D eigenvalue weighted by Gasteiger charge is 2.38. The molecule has 0 aliphatic rings. The molecule has 0 bridgehead atoms. The van der Waals surface area contributed by atoms with Crippen molar-refractivity contribution in [2.45, 2.75) is 33.0 Å². The molecule has 0 aliphatic heterocycles. The molecule has 0 spiro atoms. The largest absolute Gasteiger partial charge is 0.436 e. The first kappa shape index (κ1) is 17.0. The zero-order chi connectivity index (χ0) is 15.3. The standard InChI is InChI=1S/C11H16ClF3N4S/c1-3-16-10(20)17-5-4-6-19-7(2)8(12)9(18-19)11(13,14)15/h3-6H2,1-2H3,(H2,16,17,20). The lowest BCUT2D eigenvalue weighted by molar-refractivity contribution is -0.141. The van der Waals surface area contributed by atoms with E-state index in [1.165, 1.54) is 11.6 Å². The number of alkyl halides is 3. The lowest BCUT2D eigenvalue weighted by Gasteiger charge is -2.09. The van der Waals surface area contributed by atoms with Gasteiger partial charge in [0.25, 0.3) is 0 Å². The summed E-state index contributed by atoms with van der Waals surface area (Å²) in [7, 11) is 0. The molecule has 0 fully saturated rings. The van der Waals surface area contributed by atoms with E-state index in [-0.39, 0.29) is 5.02 Å². The van der Waals surface area contributed by atoms with Gasteiger partial charge in [0.15, 0.2) is 10.8 Å². The van der Waals surface area contributed by atoms with E-state index in [1.807, 2.05) is 6.92 Å². The van der Waals surface area contributed by atoms with Crippen LogP contribution >= 0.6 is 23.8 Å². The van der Waals surface area contributed by atoms with Crippen LogP contribution in [0, 0.1) is 6.92 Å². The fourth-order valence-electron chi connectivity index (χ4n) is 1.58. The average molecular weight is 329 g/mol. The predicted octanol–water partition coefficient (Wildman–Crippen LogP) is 2.74. The molecule has 9 heteroatoms. The van der Waals surface area contributed by atoms with Crippen molar-refractivity contribution >= 4 is 28.9 Å². The molecule has 1 aromatic heterocycles. The highest BCUT2D eigenvalue weighted by molar-refractivity contribution is 7.80. The number of halogens is 4. The summed E-state index contributed by atoms with van der Waals surface area (Å²) in [4.78, 5) is 0. The number of aromatic nitrogens is 2. The van der Waals surface area contributed by atoms with Gasteiger partial charge in [0.2, 0.25) is 0 Å². The number of aryl methyl sites for hydroxylation is 1. The molecule has 0 aromatic carbocycles. The van der Waals surface area contributed by atoms with Crippen LogP contribution in [-0.4, -0.2) is 28.0 Å². The summed E-state index contributed by atoms with van der Waals surface area (Å²) in [5.41, 5.74) is -0.721. The predicted molar refractivity (Wildman–Crippen MR) is 75.9 cm³/mol. The normalized spacial score (nSPS) is 11.5. The van der Waals surface area contributed by atoms with Gasteiger partial charge in [-0.1, -0.05) is 11.6 Å². The first-order valence-electron chi connectivity index (χ1n) is 6.09. The number of thiocarbonyl (C=S) groups is 1. The van der Waals surface area contributed by atoms with Crippen LogP contribution in [0.15, 0.2) is 0 Å². The minimum Gasteiger partial charge on any atom is -0.363 e. The third-order valence-electron chi connectivity index (χ3n) is 2.57. The number of nitrogens with zero attached hydrogens (tertiary/aromatic N) is 2. The molecule has 0 radical (unpaired) electrons. The molecule has 2 N–H and O–H groups in total. The summed E-state index contributed by atoms with van der Waals surface area (Å²) in [6, 6.07) is 0. The molecule has 0 unspecified atom stereocenters. The van der Waals surface area contributed by atoms with Crippen molar-refractivity contribution in [3.05, 3.63) is 16.4 Å². The van der Waals surface area contributed by atoms with Crippen molar-refractivity contribution in [3.8, 4) is 0 Å². The molecule has 0 aliphatic carbocycles. The van der Waals surface area contributed by atoms with Crippen LogP contribution in [-0.2, 0) is 12.7 Å². The average Bonchev–Trinajstić information content (AvgIpc) is 2.62. The second kappa shape index (κ2) is 7.12. The van der Waals surface area contributed by atoms with Gasteiger partial charge in [-0.3, -0.25) is 4.68 Å². The molecule has 1 heterocycles. The fraction of sp³-hybridized carbons (Fsp3) is 0.636. The van der Waals surface area contributed by atoms with Crippen LogP contribution < -0.4 is 10.6 Å². The fourth-order valence-corrected chi connectivity index (χ4v) is 2.07. The summed E-state index contributed by atoms with van der Waals surface area (Å²) in [6.45, 7) is 5.03. The maximum atomic E-state index is 12.6. The molecular weight excluding hydrogens is 313 g/mol. The van der Waals surface area contributed by atoms with Crippen molar-refractivity contribution < 1.29 is 13.2 Å². The summed E-state index contributed by atoms with van der Waals surface area (Å²) in [6.07, 6.45) is -3.94. The Kier molecular flexibility index (Phi) is 6.07. The maximum Gasteiger partial charge on any atom is 0.436 e. The molecule has 0 amide bonds. The number of rotatable bonds is 5. The SMILES string of the molecule is CCNC(=S)NCCCn1nc(C(F)(F)F)c(Cl)c1C. The van der Waals surface area contributed by atoms with Crippen molar-refractivity contribution in [3.63, 3.8) is 0 Å². The smallest absolute Gasteiger partial charge is 0.363 e. The minimum atomic E-state index is -4.53. The van der Waals surface area contributed by atoms with Gasteiger partial charge in [0.1, 0.15) is 0 Å². The van der Waals surface area contributed by atoms with Crippen LogP contribution in [0.5, 0.6) is 0 Å². The van der Waals surface area contributed by atoms with Crippen LogP contribution in [0.1, 0.15) is 24.7 Å². The maximum absolute atomic E-state index is 12.6. The zero-order valence-electron chi connectivity index (χ0n) is 11.1. The van der Waals surface area contributed by atoms with Crippen LogP contribution in [0.4, 0.5) is 13.2 Å². The second-order valence-corrected chi connectivity index (χ2v) is 4.89. The molecule has 0 saturated heterocycles. The highest BCUT2D eigenvalue weighted by Crippen LogP contribution is 2.35. The van der Waals surface area contributed by atoms with E-state index < -0.39 is 11.9 Å². The Morgan fingerprint density at radius 3 is 2.55 bits per heavy atom. The van der Waals surface area contributed by atoms with E-state index in [9.17, 15) is 13.2 Å². The highest BCUT2D eigenvalue weighted by atomic mass is 35.5. The molecular formula is C11H16ClF3N4S. The van der Waals surface area contributed by atoms with Gasteiger partial charge in [-0.15, -0.1) is 0 Å². The second-order valence-electron chi connectivity index (χ2n) is 4.11. The van der Waals surface area contributed by atoms with Crippen molar-refractivity contribution in [1.82, 2.24) is 20.4 Å². The Hall–Kier alpha value is -1.02. The molecule has 0 atom stereocenters. The van der Waals surface area contributed by atoms with E-state index >= 15 is 0 Å². The van der Waals surface area contributed by atoms with E-state index in [0.717, 1.165) is 0 Å². The number of hydrogen-bond acceptors (Lipinski definition) is 2. The Labute approximate surface area is 125 Å². The summed E-state index contributed by atoms with van der Waals surface area (Å²) >= 11 is 10.6. The number of hydrogen-bond donors (Lipinski definition) is 2. The van der Waals surface area contributed by atoms with Gasteiger partial charge in [0, 0.05) is 19.6 Å². The topological polar surface area (TPSA) is 41.9 Å². The van der Waals surface area contributed by atoms with Gasteiger partial charge in [-0.25, -0.2) is 0 Å². The molecule has 1 rings (SSSR count). The Balaban J connectivity index is 2.55. The quantitative estimate of drug-likeness (QED) is 0.644. The third-order valence-corrected chi connectivity index (χ3v) is 3.31. The summed E-state index contributed by atoms with van der Waals surface area (Å²) in [5.74, 6) is 0. The molecule has 114 valence electrons. The van der Waals surface area contributed by atoms with E-state index in [0.29, 0.717) is 36.9 Å². The van der Waals surface area contributed by atoms with Crippen LogP contribution in [0.25, 0.3) is 0 Å². The third kappa shape index (κ3) is 4.52. The van der Waals surface area contributed by atoms with Crippen LogP contribution in [0.3, 0.4) is 0 Å². The molecule has 20 heavy (non-hydrogen) atoms. The van der Waals surface area contributed by atoms with E-state index in [1.54, 1.807) is 0 Å². The van der Waals surface area contributed by atoms with Crippen LogP contribution in [0.2, 0.25) is 5.02 Å². The van der Waals surface area contributed by atoms with Gasteiger partial charge in [0.05, 0.1) is 10.7 Å². The Bertz CT molecular complexity index is 473. The zero-order valence-corrected chi connectivity index (χ0v) is 12.7. The number of nitrogens with one attached hydrogen (secondary N) is 2. The summed E-state index contributed by atoms with van der Waals surface area (Å²) < 4.78 is 39.1. The van der Waals surface area contributed by atoms with Gasteiger partial charge in [-0.2, -0.15) is 18.3 Å². The van der Waals surface area contributed by atoms with Crippen molar-refractivity contribution in [2.75, 3.05) is 13.1 Å². The monoisotopic (exact) mass is 328 g/mol. The lowest BCUT2D eigenvalue weighted by atomic mass is 10.3. The van der Waals surface area contributed by atoms with Gasteiger partial charge < -0.3 is 10.6 Å². The van der Waals surface area contributed by atoms with E-state index in [4.69, 9.17) is 23.8 Å². The van der Waals surface area contributed by atoms with Crippen molar-refractivity contribution in [1.29, 1.82) is 0 Å². The van der Waals surface area contributed by atoms with Gasteiger partial charge in [-0.05, 0) is 32.5 Å². The Morgan fingerprint density at radius 2 is 2.05 bits per heavy atom. The lowest BCUT2D eigenvalue weighted by Crippen LogP contribution is -2.35.